The lowest BCUT2D eigenvalue weighted by molar-refractivity contribution is -0.120. The highest BCUT2D eigenvalue weighted by Gasteiger charge is 2.25. The first-order valence-corrected chi connectivity index (χ1v) is 10.0. The number of rotatable bonds is 7. The topological polar surface area (TPSA) is 103 Å². The predicted octanol–water partition coefficient (Wildman–Crippen LogP) is 6.83. The number of nitrogens with zero attached hydrogens (tertiary/aromatic N) is 3. The molecule has 34 heavy (non-hydrogen) atoms. The fourth-order valence-corrected chi connectivity index (χ4v) is 3.26. The van der Waals surface area contributed by atoms with Crippen LogP contribution in [0, 0.1) is 23.3 Å². The molecule has 1 heterocycles. The molecule has 7 nitrogen and oxygen atoms in total. The maximum absolute atomic E-state index is 14.1. The number of ether oxygens (including phenoxy) is 1. The number of amides is 1. The van der Waals surface area contributed by atoms with Gasteiger partial charge in [-0.3, -0.25) is 4.79 Å². The second kappa shape index (κ2) is 10.5. The minimum Gasteiger partial charge on any atom is -0.491 e. The molecule has 0 fully saturated rings. The van der Waals surface area contributed by atoms with Crippen LogP contribution in [0.1, 0.15) is 11.3 Å². The van der Waals surface area contributed by atoms with E-state index in [2.05, 4.69) is 20.3 Å². The molecular weight excluding hydrogens is 501 g/mol. The minimum atomic E-state index is -1.88. The second-order valence-electron chi connectivity index (χ2n) is 6.63. The van der Waals surface area contributed by atoms with E-state index in [-0.39, 0.29) is 5.76 Å². The summed E-state index contributed by atoms with van der Waals surface area (Å²) in [5, 5.41) is 6.27. The van der Waals surface area contributed by atoms with Crippen molar-refractivity contribution in [3.05, 3.63) is 91.1 Å². The molecule has 1 aromatic heterocycles. The van der Waals surface area contributed by atoms with Crippen LogP contribution in [0.2, 0.25) is 10.0 Å². The third-order valence-corrected chi connectivity index (χ3v) is 5.27. The van der Waals surface area contributed by atoms with Gasteiger partial charge in [0.25, 0.3) is 5.91 Å². The van der Waals surface area contributed by atoms with Gasteiger partial charge < -0.3 is 15.0 Å². The Hall–Kier alpha value is -3.66. The quantitative estimate of drug-likeness (QED) is 0.0528. The number of aromatic nitrogens is 1. The number of azide groups is 1. The van der Waals surface area contributed by atoms with Crippen molar-refractivity contribution in [2.45, 2.75) is 6.54 Å². The van der Waals surface area contributed by atoms with E-state index in [0.717, 1.165) is 10.9 Å². The Morgan fingerprint density at radius 3 is 2.41 bits per heavy atom. The summed E-state index contributed by atoms with van der Waals surface area (Å²) in [5.74, 6) is -8.54. The van der Waals surface area contributed by atoms with E-state index in [1.54, 1.807) is 24.3 Å². The predicted molar refractivity (Wildman–Crippen MR) is 119 cm³/mol. The molecule has 0 saturated heterocycles. The van der Waals surface area contributed by atoms with Crippen molar-refractivity contribution in [3.8, 4) is 0 Å². The fourth-order valence-electron chi connectivity index (χ4n) is 2.92. The number of halogens is 6. The molecule has 0 spiro atoms. The average Bonchev–Trinajstić information content (AvgIpc) is 3.19. The van der Waals surface area contributed by atoms with E-state index in [1.807, 2.05) is 0 Å². The Kier molecular flexibility index (Phi) is 7.72. The number of methoxy groups -OCH3 is 1. The number of nitrogens with one attached hydrogen (secondary N) is 2. The van der Waals surface area contributed by atoms with Gasteiger partial charge >= 0.3 is 0 Å². The van der Waals surface area contributed by atoms with E-state index in [9.17, 15) is 22.4 Å². The van der Waals surface area contributed by atoms with Crippen molar-refractivity contribution in [1.29, 1.82) is 0 Å². The molecular formula is C21H13Cl2F4N5O2. The number of hydrogen-bond acceptors (Lipinski definition) is 3. The van der Waals surface area contributed by atoms with Gasteiger partial charge in [-0.25, -0.2) is 17.6 Å². The molecule has 0 unspecified atom stereocenters. The number of carbonyl (C=O) groups is 1. The maximum atomic E-state index is 14.1. The Morgan fingerprint density at radius 1 is 1.15 bits per heavy atom. The van der Waals surface area contributed by atoms with Crippen molar-refractivity contribution < 1.29 is 27.1 Å². The highest BCUT2D eigenvalue weighted by molar-refractivity contribution is 6.42. The smallest absolute Gasteiger partial charge is 0.286 e. The van der Waals surface area contributed by atoms with Crippen LogP contribution in [0.25, 0.3) is 27.4 Å². The maximum Gasteiger partial charge on any atom is 0.286 e. The Balaban J connectivity index is 1.76. The van der Waals surface area contributed by atoms with Crippen molar-refractivity contribution in [2.75, 3.05) is 7.11 Å². The first kappa shape index (κ1) is 25.0. The molecule has 0 atom stereocenters. The Labute approximate surface area is 199 Å². The number of fused-ring (bicyclic) bond motifs is 1. The fraction of sp³-hybridized carbons (Fsp3) is 0.0952. The van der Waals surface area contributed by atoms with Gasteiger partial charge in [0.15, 0.2) is 29.0 Å². The molecule has 0 aliphatic heterocycles. The largest absolute Gasteiger partial charge is 0.491 e. The number of carbonyl (C=O) groups excluding carboxylic acids is 1. The molecule has 0 aliphatic rings. The summed E-state index contributed by atoms with van der Waals surface area (Å²) in [4.78, 5) is 17.5. The molecule has 1 amide bonds. The molecule has 0 aliphatic carbocycles. The summed E-state index contributed by atoms with van der Waals surface area (Å²) < 4.78 is 60.9. The van der Waals surface area contributed by atoms with Crippen LogP contribution in [0.3, 0.4) is 0 Å². The van der Waals surface area contributed by atoms with Crippen LogP contribution in [-0.2, 0) is 16.1 Å². The Morgan fingerprint density at radius 2 is 1.79 bits per heavy atom. The van der Waals surface area contributed by atoms with Gasteiger partial charge in [-0.2, -0.15) is 0 Å². The highest BCUT2D eigenvalue weighted by atomic mass is 35.5. The second-order valence-corrected chi connectivity index (χ2v) is 7.44. The van der Waals surface area contributed by atoms with E-state index in [4.69, 9.17) is 33.5 Å². The molecule has 0 saturated carbocycles. The third kappa shape index (κ3) is 5.12. The number of allylic oxidation sites excluding steroid dienone is 2. The molecule has 0 radical (unpaired) electrons. The standard InChI is InChI=1S/C21H13Cl2F4N5O2/c1-34-15(4-2-3-10-5-9-6-12(22)13(23)7-14(9)30-10)21(33)29-8-11-16(24)18(26)20(31-32-28)19(27)17(11)25/h2-7,30H,8H2,1H3,(H,29,33)/b3-2+,15-4-. The zero-order valence-corrected chi connectivity index (χ0v) is 18.6. The lowest BCUT2D eigenvalue weighted by Gasteiger charge is -2.11. The van der Waals surface area contributed by atoms with Gasteiger partial charge in [0.1, 0.15) is 5.69 Å². The molecule has 3 aromatic rings. The Bertz CT molecular complexity index is 1330. The van der Waals surface area contributed by atoms with Gasteiger partial charge in [-0.1, -0.05) is 34.4 Å². The number of hydrogen-bond donors (Lipinski definition) is 2. The molecule has 0 bridgehead atoms. The molecule has 3 rings (SSSR count). The summed E-state index contributed by atoms with van der Waals surface area (Å²) >= 11 is 12.0. The summed E-state index contributed by atoms with van der Waals surface area (Å²) in [6.45, 7) is -0.908. The lowest BCUT2D eigenvalue weighted by atomic mass is 10.1. The summed E-state index contributed by atoms with van der Waals surface area (Å²) in [7, 11) is 1.18. The van der Waals surface area contributed by atoms with Crippen LogP contribution in [0.5, 0.6) is 0 Å². The zero-order chi connectivity index (χ0) is 25.0. The van der Waals surface area contributed by atoms with Gasteiger partial charge in [-0.15, -0.1) is 0 Å². The average molecular weight is 514 g/mol. The highest BCUT2D eigenvalue weighted by Crippen LogP contribution is 2.31. The van der Waals surface area contributed by atoms with Crippen LogP contribution in [0.4, 0.5) is 23.2 Å². The van der Waals surface area contributed by atoms with Gasteiger partial charge in [0.05, 0.1) is 17.2 Å². The minimum absolute atomic E-state index is 0.258. The van der Waals surface area contributed by atoms with Crippen LogP contribution in [0.15, 0.2) is 41.2 Å². The summed E-state index contributed by atoms with van der Waals surface area (Å²) in [6, 6.07) is 5.12. The first-order chi connectivity index (χ1) is 16.2. The molecule has 176 valence electrons. The summed E-state index contributed by atoms with van der Waals surface area (Å²) in [5.41, 5.74) is 7.11. The number of H-pyrrole nitrogens is 1. The van der Waals surface area contributed by atoms with Crippen molar-refractivity contribution in [3.63, 3.8) is 0 Å². The first-order valence-electron chi connectivity index (χ1n) is 9.26. The third-order valence-electron chi connectivity index (χ3n) is 4.55. The van der Waals surface area contributed by atoms with Crippen LogP contribution < -0.4 is 5.32 Å². The monoisotopic (exact) mass is 513 g/mol. The zero-order valence-electron chi connectivity index (χ0n) is 17.1. The van der Waals surface area contributed by atoms with Crippen molar-refractivity contribution in [1.82, 2.24) is 10.3 Å². The van der Waals surface area contributed by atoms with Gasteiger partial charge in [0, 0.05) is 33.6 Å². The molecule has 13 heteroatoms. The van der Waals surface area contributed by atoms with Gasteiger partial charge in [0.2, 0.25) is 0 Å². The normalized spacial score (nSPS) is 11.7. The van der Waals surface area contributed by atoms with E-state index in [0.29, 0.717) is 15.7 Å². The van der Waals surface area contributed by atoms with E-state index in [1.165, 1.54) is 19.3 Å². The SMILES string of the molecule is CO/C(=C\C=C\c1cc2cc(Cl)c(Cl)cc2[nH]1)C(=O)NCc1c(F)c(F)c(N=[N+]=[N-])c(F)c1F. The lowest BCUT2D eigenvalue weighted by Crippen LogP contribution is -2.26. The van der Waals surface area contributed by atoms with Crippen molar-refractivity contribution in [2.24, 2.45) is 5.11 Å². The van der Waals surface area contributed by atoms with Gasteiger partial charge in [-0.05, 0) is 35.9 Å². The number of benzene rings is 2. The van der Waals surface area contributed by atoms with Crippen LogP contribution >= 0.6 is 23.2 Å². The number of aromatic amines is 1. The molecule has 2 aromatic carbocycles. The van der Waals surface area contributed by atoms with Crippen molar-refractivity contribution >= 4 is 51.8 Å². The molecule has 2 N–H and O–H groups in total. The summed E-state index contributed by atoms with van der Waals surface area (Å²) in [6.07, 6.45) is 4.33. The van der Waals surface area contributed by atoms with E-state index >= 15 is 0 Å². The van der Waals surface area contributed by atoms with Crippen LogP contribution in [-0.4, -0.2) is 18.0 Å². The van der Waals surface area contributed by atoms with E-state index < -0.39 is 47.0 Å².